The van der Waals surface area contributed by atoms with E-state index < -0.39 is 0 Å². The molecule has 0 N–H and O–H groups in total. The van der Waals surface area contributed by atoms with Crippen molar-refractivity contribution in [3.8, 4) is 33.4 Å². The highest BCUT2D eigenvalue weighted by molar-refractivity contribution is 6.12. The van der Waals surface area contributed by atoms with Crippen molar-refractivity contribution in [1.29, 1.82) is 0 Å². The fourth-order valence-corrected chi connectivity index (χ4v) is 7.24. The Balaban J connectivity index is 1.07. The molecule has 214 valence electrons. The van der Waals surface area contributed by atoms with Crippen LogP contribution in [-0.2, 0) is 0 Å². The summed E-state index contributed by atoms with van der Waals surface area (Å²) in [4.78, 5) is 2.32. The number of benzene rings is 8. The lowest BCUT2D eigenvalue weighted by atomic mass is 9.77. The van der Waals surface area contributed by atoms with Gasteiger partial charge in [-0.15, -0.1) is 0 Å². The molecule has 0 amide bonds. The Bertz CT molecular complexity index is 2630. The summed E-state index contributed by atoms with van der Waals surface area (Å²) in [5, 5.41) is 7.30. The Morgan fingerprint density at radius 2 is 0.891 bits per heavy atom. The summed E-state index contributed by atoms with van der Waals surface area (Å²) in [7, 11) is 0. The van der Waals surface area contributed by atoms with Crippen LogP contribution in [0.15, 0.2) is 168 Å². The highest BCUT2D eigenvalue weighted by atomic mass is 16.3. The maximum atomic E-state index is 6.29. The Morgan fingerprint density at radius 1 is 0.326 bits per heavy atom. The van der Waals surface area contributed by atoms with Crippen LogP contribution >= 0.6 is 0 Å². The molecule has 0 atom stereocenters. The van der Waals surface area contributed by atoms with Crippen molar-refractivity contribution >= 4 is 60.5 Å². The minimum absolute atomic E-state index is 0.890. The zero-order valence-corrected chi connectivity index (χ0v) is 24.9. The standard InChI is InChI=1S/C44H27NO/c1-3-9-28(10-4-1)29-15-16-30-23-39-41(25-32(30)21-29)40-24-31-17-18-35(22-33(31)26-42(39)40)45(34-11-5-2-6-12-34)36-19-20-38-37-13-7-8-14-43(37)46-44(38)27-36/h1-27H. The maximum absolute atomic E-state index is 6.29. The van der Waals surface area contributed by atoms with Gasteiger partial charge in [-0.05, 0) is 128 Å². The topological polar surface area (TPSA) is 16.4 Å². The average Bonchev–Trinajstić information content (AvgIpc) is 3.49. The average molecular weight is 586 g/mol. The molecule has 10 rings (SSSR count). The summed E-state index contributed by atoms with van der Waals surface area (Å²) < 4.78 is 6.29. The van der Waals surface area contributed by atoms with Crippen LogP contribution in [0.4, 0.5) is 17.1 Å². The van der Waals surface area contributed by atoms with Crippen LogP contribution in [0.1, 0.15) is 0 Å². The molecular formula is C44H27NO. The number of hydrogen-bond donors (Lipinski definition) is 0. The summed E-state index contributed by atoms with van der Waals surface area (Å²) in [5.41, 5.74) is 12.9. The molecular weight excluding hydrogens is 558 g/mol. The normalized spacial score (nSPS) is 11.9. The third kappa shape index (κ3) is 3.84. The van der Waals surface area contributed by atoms with E-state index in [-0.39, 0.29) is 0 Å². The smallest absolute Gasteiger partial charge is 0.137 e. The molecule has 8 aromatic carbocycles. The lowest BCUT2D eigenvalue weighted by Crippen LogP contribution is -2.09. The summed E-state index contributed by atoms with van der Waals surface area (Å²) >= 11 is 0. The van der Waals surface area contributed by atoms with Crippen molar-refractivity contribution in [2.75, 3.05) is 4.90 Å². The van der Waals surface area contributed by atoms with Crippen molar-refractivity contribution in [3.05, 3.63) is 164 Å². The van der Waals surface area contributed by atoms with Crippen LogP contribution in [0, 0.1) is 0 Å². The molecule has 0 fully saturated rings. The van der Waals surface area contributed by atoms with Gasteiger partial charge in [-0.2, -0.15) is 0 Å². The Morgan fingerprint density at radius 3 is 1.65 bits per heavy atom. The van der Waals surface area contributed by atoms with E-state index >= 15 is 0 Å². The van der Waals surface area contributed by atoms with Crippen LogP contribution in [0.5, 0.6) is 0 Å². The predicted molar refractivity (Wildman–Crippen MR) is 193 cm³/mol. The molecule has 46 heavy (non-hydrogen) atoms. The van der Waals surface area contributed by atoms with E-state index in [9.17, 15) is 0 Å². The summed E-state index contributed by atoms with van der Waals surface area (Å²) in [6.07, 6.45) is 0. The van der Waals surface area contributed by atoms with Crippen molar-refractivity contribution in [3.63, 3.8) is 0 Å². The van der Waals surface area contributed by atoms with Crippen molar-refractivity contribution in [2.45, 2.75) is 0 Å². The molecule has 1 heterocycles. The molecule has 2 heteroatoms. The molecule has 0 saturated heterocycles. The molecule has 0 bridgehead atoms. The summed E-state index contributed by atoms with van der Waals surface area (Å²) in [5.74, 6) is 0. The SMILES string of the molecule is c1ccc(-c2ccc3cc4c(cc3c2)-c2cc3ccc(N(c5ccccc5)c5ccc6c(c5)oc5ccccc56)cc3cc2-4)cc1. The van der Waals surface area contributed by atoms with Gasteiger partial charge in [0, 0.05) is 33.9 Å². The number of fused-ring (bicyclic) bond motifs is 9. The summed E-state index contributed by atoms with van der Waals surface area (Å²) in [6, 6.07) is 59.0. The minimum atomic E-state index is 0.890. The van der Waals surface area contributed by atoms with E-state index in [1.165, 1.54) is 54.9 Å². The van der Waals surface area contributed by atoms with Crippen molar-refractivity contribution in [1.82, 2.24) is 0 Å². The van der Waals surface area contributed by atoms with Gasteiger partial charge in [-0.25, -0.2) is 0 Å². The second kappa shape index (κ2) is 9.69. The van der Waals surface area contributed by atoms with E-state index in [1.807, 2.05) is 12.1 Å². The van der Waals surface area contributed by atoms with Gasteiger partial charge in [0.1, 0.15) is 11.2 Å². The maximum Gasteiger partial charge on any atom is 0.137 e. The van der Waals surface area contributed by atoms with Crippen LogP contribution < -0.4 is 4.90 Å². The van der Waals surface area contributed by atoms with Crippen LogP contribution in [-0.4, -0.2) is 0 Å². The van der Waals surface area contributed by atoms with Crippen molar-refractivity contribution < 1.29 is 4.42 Å². The molecule has 1 aromatic heterocycles. The summed E-state index contributed by atoms with van der Waals surface area (Å²) in [6.45, 7) is 0. The number of hydrogen-bond acceptors (Lipinski definition) is 2. The predicted octanol–water partition coefficient (Wildman–Crippen LogP) is 12.7. The fraction of sp³-hybridized carbons (Fsp3) is 0. The van der Waals surface area contributed by atoms with E-state index in [1.54, 1.807) is 0 Å². The molecule has 9 aromatic rings. The monoisotopic (exact) mass is 585 g/mol. The van der Waals surface area contributed by atoms with Crippen LogP contribution in [0.3, 0.4) is 0 Å². The molecule has 0 radical (unpaired) electrons. The molecule has 1 aliphatic carbocycles. The molecule has 0 saturated carbocycles. The van der Waals surface area contributed by atoms with Gasteiger partial charge in [0.05, 0.1) is 0 Å². The number of anilines is 3. The first-order valence-electron chi connectivity index (χ1n) is 15.8. The molecule has 1 aliphatic rings. The number of rotatable bonds is 4. The van der Waals surface area contributed by atoms with Gasteiger partial charge in [-0.3, -0.25) is 0 Å². The van der Waals surface area contributed by atoms with Gasteiger partial charge in [0.2, 0.25) is 0 Å². The molecule has 0 aliphatic heterocycles. The first-order valence-corrected chi connectivity index (χ1v) is 15.8. The Labute approximate surface area is 266 Å². The third-order valence-electron chi connectivity index (χ3n) is 9.52. The second-order valence-electron chi connectivity index (χ2n) is 12.2. The van der Waals surface area contributed by atoms with Gasteiger partial charge >= 0.3 is 0 Å². The van der Waals surface area contributed by atoms with Gasteiger partial charge in [0.15, 0.2) is 0 Å². The number of para-hydroxylation sites is 2. The van der Waals surface area contributed by atoms with Gasteiger partial charge in [0.25, 0.3) is 0 Å². The minimum Gasteiger partial charge on any atom is -0.456 e. The van der Waals surface area contributed by atoms with Crippen molar-refractivity contribution in [2.24, 2.45) is 0 Å². The first-order chi connectivity index (χ1) is 22.8. The highest BCUT2D eigenvalue weighted by Crippen LogP contribution is 2.51. The quantitative estimate of drug-likeness (QED) is 0.204. The van der Waals surface area contributed by atoms with Crippen LogP contribution in [0.2, 0.25) is 0 Å². The number of nitrogens with zero attached hydrogens (tertiary/aromatic N) is 1. The highest BCUT2D eigenvalue weighted by Gasteiger charge is 2.24. The molecule has 0 unspecified atom stereocenters. The Kier molecular flexibility index (Phi) is 5.31. The van der Waals surface area contributed by atoms with E-state index in [0.717, 1.165) is 39.0 Å². The second-order valence-corrected chi connectivity index (χ2v) is 12.2. The largest absolute Gasteiger partial charge is 0.456 e. The zero-order chi connectivity index (χ0) is 30.2. The van der Waals surface area contributed by atoms with Gasteiger partial charge < -0.3 is 9.32 Å². The first kappa shape index (κ1) is 25.2. The zero-order valence-electron chi connectivity index (χ0n) is 24.9. The van der Waals surface area contributed by atoms with E-state index in [4.69, 9.17) is 4.42 Å². The number of furan rings is 1. The fourth-order valence-electron chi connectivity index (χ4n) is 7.24. The van der Waals surface area contributed by atoms with Gasteiger partial charge in [-0.1, -0.05) is 84.9 Å². The third-order valence-corrected chi connectivity index (χ3v) is 9.52. The lowest BCUT2D eigenvalue weighted by molar-refractivity contribution is 0.669. The van der Waals surface area contributed by atoms with E-state index in [0.29, 0.717) is 0 Å². The molecule has 0 spiro atoms. The Hall–Kier alpha value is -6.12. The lowest BCUT2D eigenvalue weighted by Gasteiger charge is -2.28. The molecule has 2 nitrogen and oxygen atoms in total. The van der Waals surface area contributed by atoms with E-state index in [2.05, 4.69) is 157 Å². The van der Waals surface area contributed by atoms with Crippen LogP contribution in [0.25, 0.3) is 76.9 Å².